The Hall–Kier alpha value is -2.73. The van der Waals surface area contributed by atoms with Gasteiger partial charge in [0, 0.05) is 11.8 Å². The first-order chi connectivity index (χ1) is 14.3. The molecule has 0 radical (unpaired) electrons. The third kappa shape index (κ3) is 6.13. The van der Waals surface area contributed by atoms with Crippen molar-refractivity contribution in [3.8, 4) is 11.5 Å². The third-order valence-electron chi connectivity index (χ3n) is 4.35. The summed E-state index contributed by atoms with van der Waals surface area (Å²) in [5.41, 5.74) is 2.40. The van der Waals surface area contributed by atoms with Gasteiger partial charge < -0.3 is 9.47 Å². The van der Waals surface area contributed by atoms with E-state index >= 15 is 0 Å². The molecule has 5 nitrogen and oxygen atoms in total. The summed E-state index contributed by atoms with van der Waals surface area (Å²) in [7, 11) is -1.97. The minimum Gasteiger partial charge on any atom is -0.493 e. The summed E-state index contributed by atoms with van der Waals surface area (Å²) in [6.45, 7) is 7.80. The Balaban J connectivity index is 2.48. The van der Waals surface area contributed by atoms with Gasteiger partial charge >= 0.3 is 0 Å². The fraction of sp³-hybridized carbons (Fsp3) is 0.333. The van der Waals surface area contributed by atoms with Gasteiger partial charge in [0.1, 0.15) is 0 Å². The molecule has 0 fully saturated rings. The van der Waals surface area contributed by atoms with E-state index in [-0.39, 0.29) is 18.4 Å². The van der Waals surface area contributed by atoms with E-state index in [2.05, 4.69) is 0 Å². The van der Waals surface area contributed by atoms with Gasteiger partial charge in [0.2, 0.25) is 10.0 Å². The molecule has 2 aromatic carbocycles. The van der Waals surface area contributed by atoms with Gasteiger partial charge in [0.05, 0.1) is 25.5 Å². The Morgan fingerprint density at radius 2 is 1.73 bits per heavy atom. The molecule has 0 heterocycles. The molecule has 0 aliphatic rings. The minimum atomic E-state index is -3.57. The fourth-order valence-corrected chi connectivity index (χ4v) is 4.49. The van der Waals surface area contributed by atoms with Gasteiger partial charge in [-0.2, -0.15) is 0 Å². The van der Waals surface area contributed by atoms with Gasteiger partial charge in [-0.05, 0) is 44.9 Å². The SMILES string of the molecule is C/C=C/c1c(CN(/C=C/C)S(=O)(=O)Cc2ccccc2)ccc(OC)c1OC(C)C. The lowest BCUT2D eigenvalue weighted by atomic mass is 10.0. The van der Waals surface area contributed by atoms with Gasteiger partial charge in [-0.15, -0.1) is 0 Å². The topological polar surface area (TPSA) is 55.8 Å². The highest BCUT2D eigenvalue weighted by Crippen LogP contribution is 2.36. The lowest BCUT2D eigenvalue weighted by molar-refractivity contribution is 0.229. The normalized spacial score (nSPS) is 12.1. The third-order valence-corrected chi connectivity index (χ3v) is 6.01. The van der Waals surface area contributed by atoms with Crippen LogP contribution in [-0.2, 0) is 22.3 Å². The zero-order valence-corrected chi connectivity index (χ0v) is 19.1. The van der Waals surface area contributed by atoms with Crippen molar-refractivity contribution in [2.24, 2.45) is 0 Å². The van der Waals surface area contributed by atoms with Gasteiger partial charge in [-0.3, -0.25) is 4.31 Å². The molecule has 2 rings (SSSR count). The molecule has 0 spiro atoms. The number of nitrogens with zero attached hydrogens (tertiary/aromatic N) is 1. The molecular formula is C24H31NO4S. The Morgan fingerprint density at radius 1 is 1.03 bits per heavy atom. The van der Waals surface area contributed by atoms with E-state index in [4.69, 9.17) is 9.47 Å². The van der Waals surface area contributed by atoms with E-state index in [0.29, 0.717) is 11.5 Å². The van der Waals surface area contributed by atoms with Crippen molar-refractivity contribution < 1.29 is 17.9 Å². The molecule has 0 atom stereocenters. The van der Waals surface area contributed by atoms with E-state index in [0.717, 1.165) is 16.7 Å². The van der Waals surface area contributed by atoms with Crippen LogP contribution in [-0.4, -0.2) is 25.9 Å². The van der Waals surface area contributed by atoms with Crippen molar-refractivity contribution in [3.05, 3.63) is 77.5 Å². The summed E-state index contributed by atoms with van der Waals surface area (Å²) < 4.78 is 39.2. The molecule has 162 valence electrons. The summed E-state index contributed by atoms with van der Waals surface area (Å²) >= 11 is 0. The lowest BCUT2D eigenvalue weighted by Gasteiger charge is -2.24. The van der Waals surface area contributed by atoms with Crippen LogP contribution in [0.25, 0.3) is 6.08 Å². The maximum atomic E-state index is 13.2. The van der Waals surface area contributed by atoms with Crippen LogP contribution in [0, 0.1) is 0 Å². The summed E-state index contributed by atoms with van der Waals surface area (Å²) in [4.78, 5) is 0. The number of allylic oxidation sites excluding steroid dienone is 2. The molecule has 0 N–H and O–H groups in total. The highest BCUT2D eigenvalue weighted by Gasteiger charge is 2.22. The zero-order valence-electron chi connectivity index (χ0n) is 18.3. The molecule has 0 amide bonds. The second kappa shape index (κ2) is 10.9. The highest BCUT2D eigenvalue weighted by atomic mass is 32.2. The van der Waals surface area contributed by atoms with E-state index in [1.165, 1.54) is 4.31 Å². The maximum absolute atomic E-state index is 13.2. The predicted octanol–water partition coefficient (Wildman–Crippen LogP) is 5.38. The van der Waals surface area contributed by atoms with Crippen molar-refractivity contribution >= 4 is 16.1 Å². The molecule has 0 saturated carbocycles. The Bertz CT molecular complexity index is 980. The van der Waals surface area contributed by atoms with Crippen LogP contribution in [0.15, 0.2) is 60.8 Å². The van der Waals surface area contributed by atoms with Gasteiger partial charge in [0.25, 0.3) is 0 Å². The van der Waals surface area contributed by atoms with Crippen LogP contribution in [0.4, 0.5) is 0 Å². The van der Waals surface area contributed by atoms with Crippen molar-refractivity contribution in [2.75, 3.05) is 7.11 Å². The first kappa shape index (κ1) is 23.5. The Kier molecular flexibility index (Phi) is 8.54. The average Bonchev–Trinajstić information content (AvgIpc) is 2.70. The summed E-state index contributed by atoms with van der Waals surface area (Å²) in [6.07, 6.45) is 7.11. The first-order valence-electron chi connectivity index (χ1n) is 9.97. The van der Waals surface area contributed by atoms with Gasteiger partial charge in [-0.25, -0.2) is 8.42 Å². The van der Waals surface area contributed by atoms with E-state index in [9.17, 15) is 8.42 Å². The summed E-state index contributed by atoms with van der Waals surface area (Å²) in [6, 6.07) is 12.9. The largest absolute Gasteiger partial charge is 0.493 e. The van der Waals surface area contributed by atoms with Gasteiger partial charge in [-0.1, -0.05) is 54.6 Å². The maximum Gasteiger partial charge on any atom is 0.239 e. The lowest BCUT2D eigenvalue weighted by Crippen LogP contribution is -2.27. The van der Waals surface area contributed by atoms with Crippen molar-refractivity contribution in [1.82, 2.24) is 4.31 Å². The second-order valence-corrected chi connectivity index (χ2v) is 9.03. The van der Waals surface area contributed by atoms with Crippen LogP contribution < -0.4 is 9.47 Å². The van der Waals surface area contributed by atoms with Crippen LogP contribution in [0.3, 0.4) is 0 Å². The molecule has 30 heavy (non-hydrogen) atoms. The van der Waals surface area contributed by atoms with Crippen LogP contribution >= 0.6 is 0 Å². The number of hydrogen-bond acceptors (Lipinski definition) is 4. The first-order valence-corrected chi connectivity index (χ1v) is 11.6. The Labute approximate surface area is 180 Å². The smallest absolute Gasteiger partial charge is 0.239 e. The standard InChI is InChI=1S/C24H31NO4S/c1-6-11-22-21(14-15-23(28-5)24(22)29-19(3)4)17-25(16-7-2)30(26,27)18-20-12-9-8-10-13-20/h6-16,19H,17-18H2,1-5H3/b11-6+,16-7+. The molecule has 6 heteroatoms. The summed E-state index contributed by atoms with van der Waals surface area (Å²) in [5, 5.41) is 0. The monoisotopic (exact) mass is 429 g/mol. The molecule has 0 bridgehead atoms. The fourth-order valence-electron chi connectivity index (χ4n) is 3.07. The zero-order chi connectivity index (χ0) is 22.1. The molecular weight excluding hydrogens is 398 g/mol. The second-order valence-electron chi connectivity index (χ2n) is 7.11. The highest BCUT2D eigenvalue weighted by molar-refractivity contribution is 7.88. The molecule has 0 aromatic heterocycles. The van der Waals surface area contributed by atoms with Crippen molar-refractivity contribution in [3.63, 3.8) is 0 Å². The minimum absolute atomic E-state index is 0.0494. The molecule has 0 unspecified atom stereocenters. The number of benzene rings is 2. The number of rotatable bonds is 10. The van der Waals surface area contributed by atoms with E-state index < -0.39 is 10.0 Å². The van der Waals surface area contributed by atoms with Crippen LogP contribution in [0.1, 0.15) is 44.4 Å². The number of sulfonamides is 1. The summed E-state index contributed by atoms with van der Waals surface area (Å²) in [5.74, 6) is 1.16. The number of ether oxygens (including phenoxy) is 2. The number of methoxy groups -OCH3 is 1. The average molecular weight is 430 g/mol. The van der Waals surface area contributed by atoms with Crippen LogP contribution in [0.2, 0.25) is 0 Å². The van der Waals surface area contributed by atoms with Crippen LogP contribution in [0.5, 0.6) is 11.5 Å². The molecule has 0 aliphatic carbocycles. The molecule has 0 aliphatic heterocycles. The quantitative estimate of drug-likeness (QED) is 0.509. The van der Waals surface area contributed by atoms with Crippen molar-refractivity contribution in [2.45, 2.75) is 46.1 Å². The molecule has 0 saturated heterocycles. The van der Waals surface area contributed by atoms with E-state index in [1.54, 1.807) is 26.3 Å². The molecule has 2 aromatic rings. The number of hydrogen-bond donors (Lipinski definition) is 0. The van der Waals surface area contributed by atoms with E-state index in [1.807, 2.05) is 75.4 Å². The van der Waals surface area contributed by atoms with Crippen molar-refractivity contribution in [1.29, 1.82) is 0 Å². The Morgan fingerprint density at radius 3 is 2.30 bits per heavy atom. The van der Waals surface area contributed by atoms with Gasteiger partial charge in [0.15, 0.2) is 11.5 Å². The predicted molar refractivity (Wildman–Crippen MR) is 123 cm³/mol.